The lowest BCUT2D eigenvalue weighted by Crippen LogP contribution is -2.45. The van der Waals surface area contributed by atoms with Crippen LogP contribution in [-0.2, 0) is 4.79 Å². The van der Waals surface area contributed by atoms with Gasteiger partial charge in [-0.25, -0.2) is 0 Å². The molecule has 134 valence electrons. The lowest BCUT2D eigenvalue weighted by Gasteiger charge is -2.30. The van der Waals surface area contributed by atoms with E-state index in [1.165, 1.54) is 5.56 Å². The maximum atomic E-state index is 13.0. The van der Waals surface area contributed by atoms with Crippen LogP contribution in [0.3, 0.4) is 0 Å². The van der Waals surface area contributed by atoms with Gasteiger partial charge in [0.1, 0.15) is 0 Å². The minimum atomic E-state index is -0.302. The number of allylic oxidation sites excluding steroid dienone is 1. The lowest BCUT2D eigenvalue weighted by molar-refractivity contribution is -0.113. The van der Waals surface area contributed by atoms with Gasteiger partial charge in [-0.15, -0.1) is 0 Å². The molecule has 1 atom stereocenters. The van der Waals surface area contributed by atoms with E-state index in [1.54, 1.807) is 0 Å². The molecule has 1 amide bonds. The molecule has 0 fully saturated rings. The van der Waals surface area contributed by atoms with Crippen molar-refractivity contribution in [3.8, 4) is 0 Å². The Balaban J connectivity index is 1.93. The summed E-state index contributed by atoms with van der Waals surface area (Å²) in [5.74, 6) is -0.152. The molecule has 1 aliphatic rings. The van der Waals surface area contributed by atoms with Crippen molar-refractivity contribution >= 4 is 44.9 Å². The summed E-state index contributed by atoms with van der Waals surface area (Å²) in [6.45, 7) is 5.95. The fourth-order valence-corrected chi connectivity index (χ4v) is 3.45. The predicted octanol–water partition coefficient (Wildman–Crippen LogP) is 4.50. The number of hydrogen-bond donors (Lipinski definition) is 3. The van der Waals surface area contributed by atoms with Crippen LogP contribution < -0.4 is 16.0 Å². The SMILES string of the molecule is CC1=C(C(=O)Nc2ccc(C)c(C)c2)C(c2ccc(Br)cc2)NC(=S)N1. The summed E-state index contributed by atoms with van der Waals surface area (Å²) in [4.78, 5) is 13.0. The van der Waals surface area contributed by atoms with Crippen LogP contribution in [0.5, 0.6) is 0 Å². The zero-order valence-corrected chi connectivity index (χ0v) is 17.2. The average Bonchev–Trinajstić information content (AvgIpc) is 2.58. The van der Waals surface area contributed by atoms with Gasteiger partial charge in [-0.3, -0.25) is 4.79 Å². The van der Waals surface area contributed by atoms with Crippen LogP contribution in [-0.4, -0.2) is 11.0 Å². The van der Waals surface area contributed by atoms with Crippen molar-refractivity contribution in [2.45, 2.75) is 26.8 Å². The highest BCUT2D eigenvalue weighted by Gasteiger charge is 2.29. The fourth-order valence-electron chi connectivity index (χ4n) is 2.92. The number of amides is 1. The normalized spacial score (nSPS) is 16.8. The van der Waals surface area contributed by atoms with Gasteiger partial charge in [-0.2, -0.15) is 0 Å². The third-order valence-electron chi connectivity index (χ3n) is 4.48. The Morgan fingerprint density at radius 2 is 1.77 bits per heavy atom. The zero-order chi connectivity index (χ0) is 18.8. The molecule has 26 heavy (non-hydrogen) atoms. The quantitative estimate of drug-likeness (QED) is 0.628. The molecular weight excluding hydrogens is 410 g/mol. The van der Waals surface area contributed by atoms with Crippen LogP contribution in [0.25, 0.3) is 0 Å². The summed E-state index contributed by atoms with van der Waals surface area (Å²) in [5.41, 5.74) is 5.46. The molecule has 3 rings (SSSR count). The summed E-state index contributed by atoms with van der Waals surface area (Å²) in [6.07, 6.45) is 0. The Kier molecular flexibility index (Phi) is 5.44. The second kappa shape index (κ2) is 7.60. The Hall–Kier alpha value is -2.18. The van der Waals surface area contributed by atoms with Gasteiger partial charge in [0.05, 0.1) is 11.6 Å². The third-order valence-corrected chi connectivity index (χ3v) is 5.23. The van der Waals surface area contributed by atoms with Gasteiger partial charge in [-0.05, 0) is 73.9 Å². The molecule has 1 unspecified atom stereocenters. The first-order valence-corrected chi connectivity index (χ1v) is 9.47. The van der Waals surface area contributed by atoms with Crippen LogP contribution in [0.1, 0.15) is 29.7 Å². The van der Waals surface area contributed by atoms with Gasteiger partial charge in [-0.1, -0.05) is 34.1 Å². The Bertz CT molecular complexity index is 906. The first-order valence-electron chi connectivity index (χ1n) is 8.27. The van der Waals surface area contributed by atoms with Crippen molar-refractivity contribution in [3.05, 3.63) is 74.9 Å². The lowest BCUT2D eigenvalue weighted by atomic mass is 9.95. The molecule has 3 N–H and O–H groups in total. The summed E-state index contributed by atoms with van der Waals surface area (Å²) in [5, 5.41) is 9.78. The molecular formula is C20H20BrN3OS. The summed E-state index contributed by atoms with van der Waals surface area (Å²) in [6, 6.07) is 13.5. The third kappa shape index (κ3) is 3.97. The van der Waals surface area contributed by atoms with Crippen molar-refractivity contribution in [3.63, 3.8) is 0 Å². The Morgan fingerprint density at radius 3 is 2.42 bits per heavy atom. The molecule has 1 heterocycles. The Morgan fingerprint density at radius 1 is 1.08 bits per heavy atom. The highest BCUT2D eigenvalue weighted by Crippen LogP contribution is 2.29. The van der Waals surface area contributed by atoms with Gasteiger partial charge in [0.15, 0.2) is 5.11 Å². The van der Waals surface area contributed by atoms with Crippen molar-refractivity contribution in [2.75, 3.05) is 5.32 Å². The first-order chi connectivity index (χ1) is 12.3. The highest BCUT2D eigenvalue weighted by molar-refractivity contribution is 9.10. The van der Waals surface area contributed by atoms with E-state index >= 15 is 0 Å². The fraction of sp³-hybridized carbons (Fsp3) is 0.200. The molecule has 2 aromatic rings. The number of thiocarbonyl (C=S) groups is 1. The largest absolute Gasteiger partial charge is 0.351 e. The Labute approximate surface area is 167 Å². The molecule has 0 saturated heterocycles. The van der Waals surface area contributed by atoms with Gasteiger partial charge in [0.25, 0.3) is 5.91 Å². The minimum Gasteiger partial charge on any atom is -0.351 e. The van der Waals surface area contributed by atoms with E-state index in [0.29, 0.717) is 10.7 Å². The van der Waals surface area contributed by atoms with Crippen LogP contribution in [0.2, 0.25) is 0 Å². The molecule has 2 aromatic carbocycles. The standard InChI is InChI=1S/C20H20BrN3OS/c1-11-4-9-16(10-12(11)2)23-19(25)17-13(3)22-20(26)24-18(17)14-5-7-15(21)8-6-14/h4-10,18H,1-3H3,(H,23,25)(H2,22,24,26). The number of hydrogen-bond acceptors (Lipinski definition) is 2. The van der Waals surface area contributed by atoms with E-state index in [1.807, 2.05) is 63.2 Å². The number of aryl methyl sites for hydroxylation is 2. The molecule has 0 saturated carbocycles. The second-order valence-electron chi connectivity index (χ2n) is 6.37. The van der Waals surface area contributed by atoms with Crippen molar-refractivity contribution < 1.29 is 4.79 Å². The van der Waals surface area contributed by atoms with E-state index in [9.17, 15) is 4.79 Å². The summed E-state index contributed by atoms with van der Waals surface area (Å²) >= 11 is 8.73. The molecule has 0 aliphatic carbocycles. The molecule has 0 bridgehead atoms. The number of carbonyl (C=O) groups excluding carboxylic acids is 1. The van der Waals surface area contributed by atoms with Gasteiger partial charge in [0, 0.05) is 15.9 Å². The number of carbonyl (C=O) groups is 1. The zero-order valence-electron chi connectivity index (χ0n) is 14.8. The molecule has 0 spiro atoms. The maximum absolute atomic E-state index is 13.0. The average molecular weight is 430 g/mol. The predicted molar refractivity (Wildman–Crippen MR) is 113 cm³/mol. The van der Waals surface area contributed by atoms with Crippen molar-refractivity contribution in [1.82, 2.24) is 10.6 Å². The van der Waals surface area contributed by atoms with Crippen LogP contribution in [0, 0.1) is 13.8 Å². The molecule has 6 heteroatoms. The number of halogens is 1. The molecule has 1 aliphatic heterocycles. The number of nitrogens with one attached hydrogen (secondary N) is 3. The van der Waals surface area contributed by atoms with Crippen LogP contribution >= 0.6 is 28.1 Å². The minimum absolute atomic E-state index is 0.152. The number of rotatable bonds is 3. The topological polar surface area (TPSA) is 53.2 Å². The smallest absolute Gasteiger partial charge is 0.255 e. The highest BCUT2D eigenvalue weighted by atomic mass is 79.9. The van der Waals surface area contributed by atoms with E-state index in [2.05, 4.69) is 31.9 Å². The van der Waals surface area contributed by atoms with Crippen molar-refractivity contribution in [1.29, 1.82) is 0 Å². The summed E-state index contributed by atoms with van der Waals surface area (Å²) < 4.78 is 0.986. The second-order valence-corrected chi connectivity index (χ2v) is 7.70. The van der Waals surface area contributed by atoms with Gasteiger partial charge < -0.3 is 16.0 Å². The number of benzene rings is 2. The van der Waals surface area contributed by atoms with Gasteiger partial charge in [0.2, 0.25) is 0 Å². The first kappa shape index (κ1) is 18.6. The van der Waals surface area contributed by atoms with Gasteiger partial charge >= 0.3 is 0 Å². The number of anilines is 1. The van der Waals surface area contributed by atoms with Crippen LogP contribution in [0.15, 0.2) is 58.2 Å². The molecule has 4 nitrogen and oxygen atoms in total. The monoisotopic (exact) mass is 429 g/mol. The summed E-state index contributed by atoms with van der Waals surface area (Å²) in [7, 11) is 0. The van der Waals surface area contributed by atoms with E-state index < -0.39 is 0 Å². The molecule has 0 aromatic heterocycles. The van der Waals surface area contributed by atoms with Crippen LogP contribution in [0.4, 0.5) is 5.69 Å². The molecule has 0 radical (unpaired) electrons. The van der Waals surface area contributed by atoms with E-state index in [-0.39, 0.29) is 11.9 Å². The van der Waals surface area contributed by atoms with E-state index in [0.717, 1.165) is 27.0 Å². The van der Waals surface area contributed by atoms with E-state index in [4.69, 9.17) is 12.2 Å². The maximum Gasteiger partial charge on any atom is 0.255 e. The van der Waals surface area contributed by atoms with Crippen molar-refractivity contribution in [2.24, 2.45) is 0 Å².